The van der Waals surface area contributed by atoms with Gasteiger partial charge in [-0.3, -0.25) is 9.78 Å². The van der Waals surface area contributed by atoms with Gasteiger partial charge in [0.2, 0.25) is 11.1 Å². The molecule has 0 unspecified atom stereocenters. The first-order valence-electron chi connectivity index (χ1n) is 6.19. The molecule has 1 N–H and O–H groups in total. The molecule has 0 aliphatic rings. The van der Waals surface area contributed by atoms with Gasteiger partial charge in [0.25, 0.3) is 0 Å². The van der Waals surface area contributed by atoms with Crippen molar-refractivity contribution < 1.29 is 9.90 Å². The van der Waals surface area contributed by atoms with Gasteiger partial charge in [-0.05, 0) is 24.5 Å². The average Bonchev–Trinajstić information content (AvgIpc) is 2.38. The fourth-order valence-electron chi connectivity index (χ4n) is 1.86. The Kier molecular flexibility index (Phi) is 3.65. The van der Waals surface area contributed by atoms with Gasteiger partial charge in [0, 0.05) is 18.0 Å². The Hall–Kier alpha value is -2.50. The molecule has 6 heteroatoms. The number of hydrogen-bond acceptors (Lipinski definition) is 4. The normalized spacial score (nSPS) is 10.8. The third-order valence-corrected chi connectivity index (χ3v) is 2.90. The Labute approximate surface area is 115 Å². The maximum Gasteiger partial charge on any atom is 0.360 e. The van der Waals surface area contributed by atoms with Crippen LogP contribution in [0.25, 0.3) is 5.69 Å². The summed E-state index contributed by atoms with van der Waals surface area (Å²) >= 11 is 0. The van der Waals surface area contributed by atoms with Crippen molar-refractivity contribution in [1.82, 2.24) is 14.8 Å². The summed E-state index contributed by atoms with van der Waals surface area (Å²) in [5.74, 6) is -1.42. The molecule has 0 saturated carbocycles. The minimum Gasteiger partial charge on any atom is -0.476 e. The Bertz CT molecular complexity index is 720. The highest BCUT2D eigenvalue weighted by Gasteiger charge is 2.18. The molecule has 20 heavy (non-hydrogen) atoms. The van der Waals surface area contributed by atoms with E-state index in [1.54, 1.807) is 18.6 Å². The van der Waals surface area contributed by atoms with Crippen molar-refractivity contribution in [3.63, 3.8) is 0 Å². The predicted octanol–water partition coefficient (Wildman–Crippen LogP) is 1.76. The molecule has 0 aliphatic heterocycles. The van der Waals surface area contributed by atoms with Crippen LogP contribution in [0.3, 0.4) is 0 Å². The van der Waals surface area contributed by atoms with Crippen molar-refractivity contribution in [3.05, 3.63) is 51.7 Å². The highest BCUT2D eigenvalue weighted by Crippen LogP contribution is 2.13. The lowest BCUT2D eigenvalue weighted by atomic mass is 10.0. The van der Waals surface area contributed by atoms with Crippen LogP contribution in [0.4, 0.5) is 0 Å². The van der Waals surface area contributed by atoms with Gasteiger partial charge in [0.05, 0.1) is 11.9 Å². The molecule has 0 atom stereocenters. The summed E-state index contributed by atoms with van der Waals surface area (Å²) in [6.45, 7) is 5.54. The first kappa shape index (κ1) is 13.9. The smallest absolute Gasteiger partial charge is 0.360 e. The van der Waals surface area contributed by atoms with Gasteiger partial charge < -0.3 is 5.11 Å². The lowest BCUT2D eigenvalue weighted by Gasteiger charge is -2.11. The molecule has 2 aromatic heterocycles. The number of carboxylic acid groups (broad SMARTS) is 1. The standard InChI is InChI=1S/C14H15N3O3/c1-8(2)11-7-17(10-4-9(3)5-15-6-10)16-12(13(11)18)14(19)20/h4-8H,1-3H3,(H,19,20). The van der Waals surface area contributed by atoms with Gasteiger partial charge in [-0.25, -0.2) is 9.48 Å². The predicted molar refractivity (Wildman–Crippen MR) is 73.4 cm³/mol. The van der Waals surface area contributed by atoms with Crippen molar-refractivity contribution in [3.8, 4) is 5.69 Å². The summed E-state index contributed by atoms with van der Waals surface area (Å²) in [4.78, 5) is 27.2. The van der Waals surface area contributed by atoms with Crippen molar-refractivity contribution in [2.75, 3.05) is 0 Å². The monoisotopic (exact) mass is 273 g/mol. The Balaban J connectivity index is 2.72. The van der Waals surface area contributed by atoms with Gasteiger partial charge in [0.1, 0.15) is 0 Å². The van der Waals surface area contributed by atoms with Gasteiger partial charge in [-0.1, -0.05) is 13.8 Å². The van der Waals surface area contributed by atoms with Crippen molar-refractivity contribution in [2.24, 2.45) is 0 Å². The quantitative estimate of drug-likeness (QED) is 0.921. The lowest BCUT2D eigenvalue weighted by molar-refractivity contribution is 0.0686. The van der Waals surface area contributed by atoms with E-state index in [2.05, 4.69) is 10.1 Å². The molecule has 104 valence electrons. The van der Waals surface area contributed by atoms with Crippen LogP contribution in [0.5, 0.6) is 0 Å². The first-order chi connectivity index (χ1) is 9.40. The Morgan fingerprint density at radius 1 is 1.35 bits per heavy atom. The molecule has 0 bridgehead atoms. The zero-order chi connectivity index (χ0) is 14.9. The highest BCUT2D eigenvalue weighted by molar-refractivity contribution is 5.85. The summed E-state index contributed by atoms with van der Waals surface area (Å²) in [6, 6.07) is 1.82. The molecule has 2 rings (SSSR count). The lowest BCUT2D eigenvalue weighted by Crippen LogP contribution is -2.25. The second-order valence-electron chi connectivity index (χ2n) is 4.89. The Morgan fingerprint density at radius 3 is 2.60 bits per heavy atom. The number of aromatic nitrogens is 3. The van der Waals surface area contributed by atoms with E-state index in [1.807, 2.05) is 26.8 Å². The molecule has 0 saturated heterocycles. The maximum absolute atomic E-state index is 12.0. The zero-order valence-electron chi connectivity index (χ0n) is 11.5. The molecule has 6 nitrogen and oxygen atoms in total. The summed E-state index contributed by atoms with van der Waals surface area (Å²) in [5, 5.41) is 13.0. The van der Waals surface area contributed by atoms with Gasteiger partial charge in [0.15, 0.2) is 0 Å². The summed E-state index contributed by atoms with van der Waals surface area (Å²) in [5.41, 5.74) is 0.946. The fraction of sp³-hybridized carbons (Fsp3) is 0.286. The van der Waals surface area contributed by atoms with E-state index >= 15 is 0 Å². The SMILES string of the molecule is Cc1cncc(-n2cc(C(C)C)c(=O)c(C(=O)O)n2)c1. The zero-order valence-corrected chi connectivity index (χ0v) is 11.5. The van der Waals surface area contributed by atoms with Gasteiger partial charge in [-0.15, -0.1) is 0 Å². The maximum atomic E-state index is 12.0. The van der Waals surface area contributed by atoms with Crippen LogP contribution in [0, 0.1) is 6.92 Å². The minimum atomic E-state index is -1.33. The molecule has 0 aliphatic carbocycles. The van der Waals surface area contributed by atoms with E-state index < -0.39 is 17.1 Å². The van der Waals surface area contributed by atoms with Crippen LogP contribution in [-0.2, 0) is 0 Å². The van der Waals surface area contributed by atoms with E-state index in [9.17, 15) is 9.59 Å². The van der Waals surface area contributed by atoms with Crippen molar-refractivity contribution in [1.29, 1.82) is 0 Å². The molecule has 0 radical (unpaired) electrons. The molecule has 2 aromatic rings. The molecular weight excluding hydrogens is 258 g/mol. The molecule has 2 heterocycles. The third kappa shape index (κ3) is 2.59. The number of carboxylic acids is 1. The van der Waals surface area contributed by atoms with Gasteiger partial charge >= 0.3 is 5.97 Å². The number of nitrogens with zero attached hydrogens (tertiary/aromatic N) is 3. The second kappa shape index (κ2) is 5.24. The van der Waals surface area contributed by atoms with Crippen LogP contribution >= 0.6 is 0 Å². The van der Waals surface area contributed by atoms with Crippen molar-refractivity contribution >= 4 is 5.97 Å². The number of aromatic carboxylic acids is 1. The first-order valence-corrected chi connectivity index (χ1v) is 6.19. The largest absolute Gasteiger partial charge is 0.476 e. The summed E-state index contributed by atoms with van der Waals surface area (Å²) in [7, 11) is 0. The number of aryl methyl sites for hydroxylation is 1. The number of hydrogen-bond donors (Lipinski definition) is 1. The molecule has 0 aromatic carbocycles. The highest BCUT2D eigenvalue weighted by atomic mass is 16.4. The van der Waals surface area contributed by atoms with E-state index in [0.29, 0.717) is 11.3 Å². The fourth-order valence-corrected chi connectivity index (χ4v) is 1.86. The van der Waals surface area contributed by atoms with E-state index in [1.165, 1.54) is 4.68 Å². The van der Waals surface area contributed by atoms with E-state index in [4.69, 9.17) is 5.11 Å². The summed E-state index contributed by atoms with van der Waals surface area (Å²) in [6.07, 6.45) is 4.82. The molecule has 0 fully saturated rings. The molecule has 0 amide bonds. The molecular formula is C14H15N3O3. The molecule has 0 spiro atoms. The Morgan fingerprint density at radius 2 is 2.05 bits per heavy atom. The number of carbonyl (C=O) groups is 1. The average molecular weight is 273 g/mol. The van der Waals surface area contributed by atoms with Crippen LogP contribution in [0.2, 0.25) is 0 Å². The van der Waals surface area contributed by atoms with Crippen molar-refractivity contribution in [2.45, 2.75) is 26.7 Å². The van der Waals surface area contributed by atoms with Crippen LogP contribution in [-0.4, -0.2) is 25.8 Å². The third-order valence-electron chi connectivity index (χ3n) is 2.90. The summed E-state index contributed by atoms with van der Waals surface area (Å²) < 4.78 is 1.39. The van der Waals surface area contributed by atoms with Crippen LogP contribution < -0.4 is 5.43 Å². The van der Waals surface area contributed by atoms with Gasteiger partial charge in [-0.2, -0.15) is 5.10 Å². The number of pyridine rings is 1. The van der Waals surface area contributed by atoms with Crippen LogP contribution in [0.1, 0.15) is 41.4 Å². The van der Waals surface area contributed by atoms with Crippen LogP contribution in [0.15, 0.2) is 29.5 Å². The topological polar surface area (TPSA) is 85.1 Å². The van der Waals surface area contributed by atoms with E-state index in [0.717, 1.165) is 5.56 Å². The minimum absolute atomic E-state index is 0.0902. The van der Waals surface area contributed by atoms with E-state index in [-0.39, 0.29) is 5.92 Å². The number of rotatable bonds is 3. The second-order valence-corrected chi connectivity index (χ2v) is 4.89.